The maximum Gasteiger partial charge on any atom is 0.508 e. The summed E-state index contributed by atoms with van der Waals surface area (Å²) in [6.07, 6.45) is 7.80. The molecule has 40 heavy (non-hydrogen) atoms. The Morgan fingerprint density at radius 1 is 0.525 bits per heavy atom. The van der Waals surface area contributed by atoms with Gasteiger partial charge < -0.3 is 28.4 Å². The largest absolute Gasteiger partial charge is 0.508 e. The molecule has 0 fully saturated rings. The highest BCUT2D eigenvalue weighted by molar-refractivity contribution is 5.60. The number of carbonyl (C=O) groups excluding carboxylic acids is 3. The Balaban J connectivity index is 0. The third-order valence-corrected chi connectivity index (χ3v) is 3.74. The molecule has 3 aromatic rings. The smallest absolute Gasteiger partial charge is 0.438 e. The standard InChI is InChI=1S/3C8H9NO3.2C2H6/c3*1-11-8(10)12-6-7-3-2-4-9-5-7;2*1-2/h3*2-5H,6H2,1H3;2*1-2H3. The van der Waals surface area contributed by atoms with Gasteiger partial charge >= 0.3 is 18.5 Å². The van der Waals surface area contributed by atoms with Gasteiger partial charge in [0.15, 0.2) is 0 Å². The van der Waals surface area contributed by atoms with Gasteiger partial charge in [-0.1, -0.05) is 45.9 Å². The zero-order valence-electron chi connectivity index (χ0n) is 24.1. The van der Waals surface area contributed by atoms with Gasteiger partial charge in [0.2, 0.25) is 0 Å². The molecule has 0 unspecified atom stereocenters. The number of pyridine rings is 3. The first kappa shape index (κ1) is 37.4. The van der Waals surface area contributed by atoms with E-state index in [4.69, 9.17) is 0 Å². The number of nitrogens with zero attached hydrogens (tertiary/aromatic N) is 3. The van der Waals surface area contributed by atoms with E-state index in [1.807, 2.05) is 45.9 Å². The Hall–Kier alpha value is -4.74. The van der Waals surface area contributed by atoms with Gasteiger partial charge in [-0.3, -0.25) is 15.0 Å². The van der Waals surface area contributed by atoms with Crippen LogP contribution in [0.15, 0.2) is 73.6 Å². The van der Waals surface area contributed by atoms with Crippen LogP contribution in [0.3, 0.4) is 0 Å². The van der Waals surface area contributed by atoms with Crippen molar-refractivity contribution in [3.05, 3.63) is 90.3 Å². The summed E-state index contributed by atoms with van der Waals surface area (Å²) in [7, 11) is 3.81. The minimum atomic E-state index is -0.682. The highest BCUT2D eigenvalue weighted by atomic mass is 16.7. The molecule has 12 heteroatoms. The zero-order chi connectivity index (χ0) is 30.4. The molecular weight excluding hydrogens is 522 g/mol. The minimum absolute atomic E-state index is 0.195. The van der Waals surface area contributed by atoms with E-state index in [-0.39, 0.29) is 19.8 Å². The van der Waals surface area contributed by atoms with Crippen molar-refractivity contribution in [2.45, 2.75) is 47.5 Å². The van der Waals surface area contributed by atoms with Gasteiger partial charge in [-0.2, -0.15) is 0 Å². The lowest BCUT2D eigenvalue weighted by molar-refractivity contribution is 0.0660. The lowest BCUT2D eigenvalue weighted by Gasteiger charge is -2.01. The summed E-state index contributed by atoms with van der Waals surface area (Å²) in [5.41, 5.74) is 2.51. The Morgan fingerprint density at radius 2 is 0.775 bits per heavy atom. The Bertz CT molecular complexity index is 877. The molecule has 12 nitrogen and oxygen atoms in total. The van der Waals surface area contributed by atoms with E-state index in [2.05, 4.69) is 43.4 Å². The third kappa shape index (κ3) is 21.4. The number of hydrogen-bond acceptors (Lipinski definition) is 12. The van der Waals surface area contributed by atoms with Crippen LogP contribution in [0.1, 0.15) is 44.4 Å². The number of hydrogen-bond donors (Lipinski definition) is 0. The highest BCUT2D eigenvalue weighted by Gasteiger charge is 2.01. The maximum atomic E-state index is 10.5. The number of ether oxygens (including phenoxy) is 6. The van der Waals surface area contributed by atoms with Crippen molar-refractivity contribution in [3.63, 3.8) is 0 Å². The van der Waals surface area contributed by atoms with Crippen molar-refractivity contribution in [1.29, 1.82) is 0 Å². The lowest BCUT2D eigenvalue weighted by atomic mass is 10.3. The van der Waals surface area contributed by atoms with E-state index in [1.54, 1.807) is 55.4 Å². The van der Waals surface area contributed by atoms with Crippen LogP contribution in [0.2, 0.25) is 0 Å². The molecule has 0 bridgehead atoms. The first-order chi connectivity index (χ1) is 19.5. The first-order valence-corrected chi connectivity index (χ1v) is 12.3. The fourth-order valence-corrected chi connectivity index (χ4v) is 2.05. The van der Waals surface area contributed by atoms with E-state index in [1.165, 1.54) is 21.3 Å². The van der Waals surface area contributed by atoms with E-state index >= 15 is 0 Å². The second-order valence-corrected chi connectivity index (χ2v) is 6.31. The molecule has 0 aliphatic heterocycles. The summed E-state index contributed by atoms with van der Waals surface area (Å²) in [4.78, 5) is 43.1. The third-order valence-electron chi connectivity index (χ3n) is 3.74. The molecule has 3 aromatic heterocycles. The molecule has 0 aliphatic carbocycles. The van der Waals surface area contributed by atoms with E-state index < -0.39 is 18.5 Å². The van der Waals surface area contributed by atoms with Gasteiger partial charge in [-0.25, -0.2) is 14.4 Å². The van der Waals surface area contributed by atoms with Crippen molar-refractivity contribution in [1.82, 2.24) is 15.0 Å². The predicted octanol–water partition coefficient (Wildman–Crippen LogP) is 6.15. The van der Waals surface area contributed by atoms with Crippen LogP contribution >= 0.6 is 0 Å². The Labute approximate surface area is 235 Å². The summed E-state index contributed by atoms with van der Waals surface area (Å²) in [5.74, 6) is 0. The van der Waals surface area contributed by atoms with Crippen LogP contribution < -0.4 is 0 Å². The highest BCUT2D eigenvalue weighted by Crippen LogP contribution is 2.00. The molecule has 0 radical (unpaired) electrons. The number of carbonyl (C=O) groups is 3. The van der Waals surface area contributed by atoms with Crippen molar-refractivity contribution < 1.29 is 42.8 Å². The monoisotopic (exact) mass is 561 g/mol. The summed E-state index contributed by atoms with van der Waals surface area (Å²) in [6, 6.07) is 10.8. The van der Waals surface area contributed by atoms with Crippen molar-refractivity contribution in [2.75, 3.05) is 21.3 Å². The summed E-state index contributed by atoms with van der Waals surface area (Å²) in [6.45, 7) is 8.58. The molecular formula is C28H39N3O9. The molecule has 0 saturated heterocycles. The fraction of sp³-hybridized carbons (Fsp3) is 0.357. The van der Waals surface area contributed by atoms with E-state index in [0.29, 0.717) is 0 Å². The van der Waals surface area contributed by atoms with Gasteiger partial charge in [0.05, 0.1) is 21.3 Å². The topological polar surface area (TPSA) is 145 Å². The van der Waals surface area contributed by atoms with Crippen molar-refractivity contribution >= 4 is 18.5 Å². The van der Waals surface area contributed by atoms with Crippen molar-refractivity contribution in [3.8, 4) is 0 Å². The first-order valence-electron chi connectivity index (χ1n) is 12.3. The SMILES string of the molecule is CC.CC.COC(=O)OCc1cccnc1.COC(=O)OCc1cccnc1.COC(=O)OCc1cccnc1. The second-order valence-electron chi connectivity index (χ2n) is 6.31. The number of rotatable bonds is 6. The predicted molar refractivity (Wildman–Crippen MR) is 147 cm³/mol. The molecule has 0 aromatic carbocycles. The van der Waals surface area contributed by atoms with E-state index in [0.717, 1.165) is 16.7 Å². The molecule has 3 rings (SSSR count). The Kier molecular flexibility index (Phi) is 25.5. The average Bonchev–Trinajstić information content (AvgIpc) is 3.05. The molecule has 0 amide bonds. The van der Waals surface area contributed by atoms with Gasteiger partial charge in [-0.15, -0.1) is 0 Å². The van der Waals surface area contributed by atoms with Crippen LogP contribution in [0.5, 0.6) is 0 Å². The Morgan fingerprint density at radius 3 is 0.950 bits per heavy atom. The molecule has 0 saturated carbocycles. The van der Waals surface area contributed by atoms with Crippen LogP contribution in [-0.2, 0) is 48.2 Å². The second kappa shape index (κ2) is 27.3. The minimum Gasteiger partial charge on any atom is -0.438 e. The summed E-state index contributed by atoms with van der Waals surface area (Å²) in [5, 5.41) is 0. The molecule has 0 N–H and O–H groups in total. The lowest BCUT2D eigenvalue weighted by Crippen LogP contribution is -2.03. The molecule has 0 aliphatic rings. The van der Waals surface area contributed by atoms with Crippen LogP contribution in [0.25, 0.3) is 0 Å². The normalized spacial score (nSPS) is 8.47. The van der Waals surface area contributed by atoms with E-state index in [9.17, 15) is 14.4 Å². The van der Waals surface area contributed by atoms with Crippen LogP contribution in [-0.4, -0.2) is 54.7 Å². The molecule has 220 valence electrons. The van der Waals surface area contributed by atoms with Gasteiger partial charge in [0, 0.05) is 53.9 Å². The molecule has 0 spiro atoms. The zero-order valence-corrected chi connectivity index (χ0v) is 24.1. The van der Waals surface area contributed by atoms with Crippen molar-refractivity contribution in [2.24, 2.45) is 0 Å². The van der Waals surface area contributed by atoms with Gasteiger partial charge in [0.25, 0.3) is 0 Å². The average molecular weight is 562 g/mol. The van der Waals surface area contributed by atoms with Gasteiger partial charge in [0.1, 0.15) is 19.8 Å². The molecule has 0 atom stereocenters. The summed E-state index contributed by atoms with van der Waals surface area (Å²) < 4.78 is 26.9. The fourth-order valence-electron chi connectivity index (χ4n) is 2.05. The van der Waals surface area contributed by atoms with Gasteiger partial charge in [-0.05, 0) is 18.2 Å². The number of methoxy groups -OCH3 is 3. The summed E-state index contributed by atoms with van der Waals surface area (Å²) >= 11 is 0. The molecule has 3 heterocycles. The number of aromatic nitrogens is 3. The maximum absolute atomic E-state index is 10.5. The quantitative estimate of drug-likeness (QED) is 0.251. The van der Waals surface area contributed by atoms with Crippen LogP contribution in [0, 0.1) is 0 Å². The van der Waals surface area contributed by atoms with Crippen LogP contribution in [0.4, 0.5) is 14.4 Å².